The summed E-state index contributed by atoms with van der Waals surface area (Å²) in [6.07, 6.45) is 3.85. The van der Waals surface area contributed by atoms with Crippen LogP contribution in [-0.4, -0.2) is 30.6 Å². The van der Waals surface area contributed by atoms with Crippen LogP contribution in [0.15, 0.2) is 12.7 Å². The summed E-state index contributed by atoms with van der Waals surface area (Å²) in [6.45, 7) is 8.12. The number of hydrogen-bond acceptors (Lipinski definition) is 3. The van der Waals surface area contributed by atoms with Gasteiger partial charge in [0.1, 0.15) is 0 Å². The molecule has 0 radical (unpaired) electrons. The summed E-state index contributed by atoms with van der Waals surface area (Å²) in [6, 6.07) is 0.255. The van der Waals surface area contributed by atoms with Crippen LogP contribution < -0.4 is 11.3 Å². The molecular weight excluding hydrogens is 162 g/mol. The molecule has 2 atom stereocenters. The first-order valence-corrected chi connectivity index (χ1v) is 4.77. The van der Waals surface area contributed by atoms with Gasteiger partial charge in [-0.2, -0.15) is 0 Å². The number of nitrogens with one attached hydrogen (secondary N) is 1. The molecule has 0 heterocycles. The molecule has 0 aliphatic rings. The van der Waals surface area contributed by atoms with Crippen molar-refractivity contribution in [2.45, 2.75) is 38.3 Å². The largest absolute Gasteiger partial charge is 0.302 e. The molecule has 0 saturated heterocycles. The Morgan fingerprint density at radius 3 is 2.38 bits per heavy atom. The molecule has 0 aliphatic heterocycles. The zero-order valence-corrected chi connectivity index (χ0v) is 9.30. The minimum absolute atomic E-state index is 0.0862. The van der Waals surface area contributed by atoms with E-state index < -0.39 is 0 Å². The van der Waals surface area contributed by atoms with Gasteiger partial charge in [0, 0.05) is 11.6 Å². The quantitative estimate of drug-likeness (QED) is 0.370. The van der Waals surface area contributed by atoms with Gasteiger partial charge in [0.25, 0.3) is 0 Å². The van der Waals surface area contributed by atoms with Crippen LogP contribution in [0.2, 0.25) is 0 Å². The molecule has 0 aromatic carbocycles. The summed E-state index contributed by atoms with van der Waals surface area (Å²) in [5, 5.41) is 0. The second kappa shape index (κ2) is 5.37. The zero-order chi connectivity index (χ0) is 10.5. The molecule has 0 spiro atoms. The lowest BCUT2D eigenvalue weighted by molar-refractivity contribution is 0.114. The van der Waals surface area contributed by atoms with Crippen molar-refractivity contribution in [3.63, 3.8) is 0 Å². The Labute approximate surface area is 82.0 Å². The van der Waals surface area contributed by atoms with Crippen LogP contribution in [0, 0.1) is 0 Å². The summed E-state index contributed by atoms with van der Waals surface area (Å²) in [5.74, 6) is 5.53. The van der Waals surface area contributed by atoms with Crippen LogP contribution in [0.1, 0.15) is 26.7 Å². The van der Waals surface area contributed by atoms with Gasteiger partial charge in [-0.15, -0.1) is 6.58 Å². The molecule has 0 amide bonds. The van der Waals surface area contributed by atoms with Gasteiger partial charge < -0.3 is 4.90 Å². The summed E-state index contributed by atoms with van der Waals surface area (Å²) in [5.41, 5.74) is 2.95. The maximum absolute atomic E-state index is 5.53. The number of hydrazine groups is 1. The fourth-order valence-electron chi connectivity index (χ4n) is 1.54. The van der Waals surface area contributed by atoms with Crippen molar-refractivity contribution in [2.24, 2.45) is 5.84 Å². The third-order valence-electron chi connectivity index (χ3n) is 3.09. The number of likely N-dealkylation sites (N-methyl/N-ethyl adjacent to an activating group) is 1. The van der Waals surface area contributed by atoms with Gasteiger partial charge >= 0.3 is 0 Å². The third kappa shape index (κ3) is 2.79. The molecule has 13 heavy (non-hydrogen) atoms. The highest BCUT2D eigenvalue weighted by Crippen LogP contribution is 2.22. The van der Waals surface area contributed by atoms with Crippen molar-refractivity contribution in [1.29, 1.82) is 0 Å². The normalized spacial score (nSPS) is 18.3. The molecule has 0 bridgehead atoms. The Morgan fingerprint density at radius 2 is 2.15 bits per heavy atom. The average molecular weight is 185 g/mol. The molecule has 0 saturated carbocycles. The Kier molecular flexibility index (Phi) is 5.21. The van der Waals surface area contributed by atoms with E-state index in [-0.39, 0.29) is 11.6 Å². The molecule has 0 fully saturated rings. The van der Waals surface area contributed by atoms with E-state index in [2.05, 4.69) is 44.8 Å². The van der Waals surface area contributed by atoms with Crippen LogP contribution in [0.25, 0.3) is 0 Å². The van der Waals surface area contributed by atoms with Crippen molar-refractivity contribution < 1.29 is 0 Å². The Morgan fingerprint density at radius 1 is 1.62 bits per heavy atom. The molecule has 0 aliphatic carbocycles. The molecular formula is C10H23N3. The number of nitrogens with two attached hydrogens (primary N) is 1. The molecule has 0 rings (SSSR count). The molecule has 3 heteroatoms. The zero-order valence-electron chi connectivity index (χ0n) is 9.30. The van der Waals surface area contributed by atoms with Gasteiger partial charge in [-0.25, -0.2) is 0 Å². The number of rotatable bonds is 6. The first-order valence-electron chi connectivity index (χ1n) is 4.77. The summed E-state index contributed by atoms with van der Waals surface area (Å²) in [4.78, 5) is 2.21. The van der Waals surface area contributed by atoms with Crippen LogP contribution in [0.5, 0.6) is 0 Å². The lowest BCUT2D eigenvalue weighted by Crippen LogP contribution is -2.58. The fraction of sp³-hybridized carbons (Fsp3) is 0.800. The molecule has 0 aromatic heterocycles. The van der Waals surface area contributed by atoms with Crippen LogP contribution in [0.3, 0.4) is 0 Å². The van der Waals surface area contributed by atoms with E-state index in [4.69, 9.17) is 5.84 Å². The standard InChI is InChI=1S/C10H23N3/c1-6-8-9(12-11)10(3,7-2)13(4)5/h6,9,12H,1,7-8,11H2,2-5H3. The Balaban J connectivity index is 4.57. The highest BCUT2D eigenvalue weighted by molar-refractivity contribution is 4.96. The first kappa shape index (κ1) is 12.6. The molecule has 0 aromatic rings. The lowest BCUT2D eigenvalue weighted by atomic mass is 9.86. The summed E-state index contributed by atoms with van der Waals surface area (Å²) < 4.78 is 0. The van der Waals surface area contributed by atoms with E-state index in [0.29, 0.717) is 0 Å². The first-order chi connectivity index (χ1) is 6.02. The maximum Gasteiger partial charge on any atom is 0.0426 e. The van der Waals surface area contributed by atoms with Crippen molar-refractivity contribution >= 4 is 0 Å². The van der Waals surface area contributed by atoms with Crippen LogP contribution in [0.4, 0.5) is 0 Å². The van der Waals surface area contributed by atoms with E-state index in [0.717, 1.165) is 12.8 Å². The SMILES string of the molecule is C=CCC(NN)C(C)(CC)N(C)C. The Bertz CT molecular complexity index is 156. The average Bonchev–Trinajstić information content (AvgIpc) is 2.12. The number of hydrogen-bond donors (Lipinski definition) is 2. The van der Waals surface area contributed by atoms with E-state index >= 15 is 0 Å². The maximum atomic E-state index is 5.53. The highest BCUT2D eigenvalue weighted by atomic mass is 15.3. The molecule has 2 unspecified atom stereocenters. The van der Waals surface area contributed by atoms with Gasteiger partial charge in [-0.3, -0.25) is 11.3 Å². The van der Waals surface area contributed by atoms with Gasteiger partial charge in [-0.1, -0.05) is 13.0 Å². The van der Waals surface area contributed by atoms with E-state index in [1.165, 1.54) is 0 Å². The monoisotopic (exact) mass is 185 g/mol. The predicted octanol–water partition coefficient (Wildman–Crippen LogP) is 1.12. The fourth-order valence-corrected chi connectivity index (χ4v) is 1.54. The van der Waals surface area contributed by atoms with E-state index in [1.807, 2.05) is 6.08 Å². The van der Waals surface area contributed by atoms with Crippen molar-refractivity contribution in [2.75, 3.05) is 14.1 Å². The summed E-state index contributed by atoms with van der Waals surface area (Å²) >= 11 is 0. The minimum Gasteiger partial charge on any atom is -0.302 e. The van der Waals surface area contributed by atoms with Crippen molar-refractivity contribution in [3.8, 4) is 0 Å². The molecule has 3 N–H and O–H groups in total. The lowest BCUT2D eigenvalue weighted by Gasteiger charge is -2.42. The van der Waals surface area contributed by atoms with E-state index in [9.17, 15) is 0 Å². The minimum atomic E-state index is 0.0862. The van der Waals surface area contributed by atoms with Gasteiger partial charge in [0.15, 0.2) is 0 Å². The van der Waals surface area contributed by atoms with Crippen LogP contribution >= 0.6 is 0 Å². The second-order valence-corrected chi connectivity index (χ2v) is 3.85. The Hall–Kier alpha value is -0.380. The topological polar surface area (TPSA) is 41.3 Å². The van der Waals surface area contributed by atoms with Crippen molar-refractivity contribution in [3.05, 3.63) is 12.7 Å². The predicted molar refractivity (Wildman–Crippen MR) is 58.3 cm³/mol. The van der Waals surface area contributed by atoms with Crippen LogP contribution in [-0.2, 0) is 0 Å². The van der Waals surface area contributed by atoms with E-state index in [1.54, 1.807) is 0 Å². The smallest absolute Gasteiger partial charge is 0.0426 e. The summed E-state index contributed by atoms with van der Waals surface area (Å²) in [7, 11) is 4.16. The van der Waals surface area contributed by atoms with Gasteiger partial charge in [0.05, 0.1) is 0 Å². The number of nitrogens with zero attached hydrogens (tertiary/aromatic N) is 1. The molecule has 3 nitrogen and oxygen atoms in total. The van der Waals surface area contributed by atoms with Gasteiger partial charge in [0.2, 0.25) is 0 Å². The third-order valence-corrected chi connectivity index (χ3v) is 3.09. The van der Waals surface area contributed by atoms with Gasteiger partial charge in [-0.05, 0) is 33.9 Å². The molecule has 78 valence electrons. The highest BCUT2D eigenvalue weighted by Gasteiger charge is 2.32. The van der Waals surface area contributed by atoms with Crippen molar-refractivity contribution in [1.82, 2.24) is 10.3 Å². The second-order valence-electron chi connectivity index (χ2n) is 3.85.